The summed E-state index contributed by atoms with van der Waals surface area (Å²) in [6.45, 7) is 4.59. The molecule has 0 atom stereocenters. The van der Waals surface area contributed by atoms with Gasteiger partial charge < -0.3 is 10.6 Å². The highest BCUT2D eigenvalue weighted by molar-refractivity contribution is 6.00. The number of rotatable bonds is 7. The standard InChI is InChI=1S/C21H26N4O2/c1-14-6-8-17(22-10-14)12-24-20(26)19(16-4-3-5-16)21(27)25-13-18-9-7-15(2)11-23-18/h6-11,16,19H,3-5,12-13H2,1-2H3,(H,24,26)(H,25,27). The van der Waals surface area contributed by atoms with E-state index in [0.29, 0.717) is 13.1 Å². The largest absolute Gasteiger partial charge is 0.350 e. The van der Waals surface area contributed by atoms with Crippen LogP contribution in [0.5, 0.6) is 0 Å². The van der Waals surface area contributed by atoms with Crippen molar-refractivity contribution in [2.75, 3.05) is 0 Å². The maximum Gasteiger partial charge on any atom is 0.233 e. The van der Waals surface area contributed by atoms with Gasteiger partial charge in [0.2, 0.25) is 11.8 Å². The van der Waals surface area contributed by atoms with Crippen LogP contribution in [0.25, 0.3) is 0 Å². The highest BCUT2D eigenvalue weighted by Gasteiger charge is 2.37. The predicted octanol–water partition coefficient (Wildman–Crippen LogP) is 2.44. The highest BCUT2D eigenvalue weighted by Crippen LogP contribution is 2.34. The third-order valence-corrected chi connectivity index (χ3v) is 5.02. The molecule has 0 spiro atoms. The number of carbonyl (C=O) groups is 2. The Morgan fingerprint density at radius 2 is 1.41 bits per heavy atom. The first-order chi connectivity index (χ1) is 13.0. The van der Waals surface area contributed by atoms with E-state index >= 15 is 0 Å². The SMILES string of the molecule is Cc1ccc(CNC(=O)C(C(=O)NCc2ccc(C)cn2)C2CCC2)nc1. The van der Waals surface area contributed by atoms with E-state index in [4.69, 9.17) is 0 Å². The zero-order valence-electron chi connectivity index (χ0n) is 15.9. The van der Waals surface area contributed by atoms with E-state index in [1.807, 2.05) is 38.1 Å². The van der Waals surface area contributed by atoms with Gasteiger partial charge >= 0.3 is 0 Å². The number of hydrogen-bond donors (Lipinski definition) is 2. The lowest BCUT2D eigenvalue weighted by atomic mass is 9.75. The van der Waals surface area contributed by atoms with Crippen LogP contribution >= 0.6 is 0 Å². The Morgan fingerprint density at radius 1 is 0.926 bits per heavy atom. The molecule has 2 heterocycles. The van der Waals surface area contributed by atoms with Crippen LogP contribution in [0.2, 0.25) is 0 Å². The van der Waals surface area contributed by atoms with Crippen molar-refractivity contribution >= 4 is 11.8 Å². The number of aryl methyl sites for hydroxylation is 2. The molecule has 0 radical (unpaired) electrons. The molecule has 2 aromatic rings. The zero-order valence-corrected chi connectivity index (χ0v) is 15.9. The molecule has 2 aromatic heterocycles. The molecular formula is C21H26N4O2. The summed E-state index contributed by atoms with van der Waals surface area (Å²) in [4.78, 5) is 34.0. The van der Waals surface area contributed by atoms with Crippen LogP contribution in [0.1, 0.15) is 41.8 Å². The molecule has 2 N–H and O–H groups in total. The Bertz CT molecular complexity index is 721. The van der Waals surface area contributed by atoms with Gasteiger partial charge in [0.05, 0.1) is 24.5 Å². The molecule has 0 unspecified atom stereocenters. The fourth-order valence-electron chi connectivity index (χ4n) is 3.10. The minimum absolute atomic E-state index is 0.113. The van der Waals surface area contributed by atoms with Gasteiger partial charge in [-0.15, -0.1) is 0 Å². The Morgan fingerprint density at radius 3 is 1.74 bits per heavy atom. The lowest BCUT2D eigenvalue weighted by Crippen LogP contribution is -2.46. The van der Waals surface area contributed by atoms with Crippen LogP contribution in [0.4, 0.5) is 0 Å². The number of pyridine rings is 2. The lowest BCUT2D eigenvalue weighted by Gasteiger charge is -2.31. The summed E-state index contributed by atoms with van der Waals surface area (Å²) in [6, 6.07) is 7.69. The Hall–Kier alpha value is -2.76. The Kier molecular flexibility index (Phi) is 6.16. The van der Waals surface area contributed by atoms with Gasteiger partial charge in [-0.25, -0.2) is 0 Å². The molecular weight excluding hydrogens is 340 g/mol. The molecule has 3 rings (SSSR count). The fourth-order valence-corrected chi connectivity index (χ4v) is 3.10. The topological polar surface area (TPSA) is 84.0 Å². The first-order valence-corrected chi connectivity index (χ1v) is 9.41. The summed E-state index contributed by atoms with van der Waals surface area (Å²) in [6.07, 6.45) is 6.44. The minimum atomic E-state index is -0.658. The number of carbonyl (C=O) groups excluding carboxylic acids is 2. The van der Waals surface area contributed by atoms with Gasteiger partial charge in [-0.05, 0) is 55.9 Å². The second-order valence-electron chi connectivity index (χ2n) is 7.26. The average molecular weight is 366 g/mol. The van der Waals surface area contributed by atoms with Crippen LogP contribution < -0.4 is 10.6 Å². The van der Waals surface area contributed by atoms with Crippen molar-refractivity contribution in [3.63, 3.8) is 0 Å². The second-order valence-corrected chi connectivity index (χ2v) is 7.26. The third kappa shape index (κ3) is 5.12. The summed E-state index contributed by atoms with van der Waals surface area (Å²) >= 11 is 0. The third-order valence-electron chi connectivity index (χ3n) is 5.02. The van der Waals surface area contributed by atoms with Crippen molar-refractivity contribution in [3.05, 3.63) is 59.2 Å². The monoisotopic (exact) mass is 366 g/mol. The molecule has 1 aliphatic carbocycles. The van der Waals surface area contributed by atoms with E-state index < -0.39 is 5.92 Å². The maximum atomic E-state index is 12.7. The smallest absolute Gasteiger partial charge is 0.233 e. The van der Waals surface area contributed by atoms with Gasteiger partial charge in [0.1, 0.15) is 5.92 Å². The fraction of sp³-hybridized carbons (Fsp3) is 0.429. The summed E-state index contributed by atoms with van der Waals surface area (Å²) in [5.41, 5.74) is 3.71. The van der Waals surface area contributed by atoms with Gasteiger partial charge in [-0.2, -0.15) is 0 Å². The molecule has 27 heavy (non-hydrogen) atoms. The van der Waals surface area contributed by atoms with Crippen molar-refractivity contribution in [2.24, 2.45) is 11.8 Å². The molecule has 142 valence electrons. The summed E-state index contributed by atoms with van der Waals surface area (Å²) in [7, 11) is 0. The van der Waals surface area contributed by atoms with Crippen molar-refractivity contribution in [2.45, 2.75) is 46.2 Å². The number of nitrogens with zero attached hydrogens (tertiary/aromatic N) is 2. The predicted molar refractivity (Wildman–Crippen MR) is 102 cm³/mol. The first kappa shape index (κ1) is 19.0. The lowest BCUT2D eigenvalue weighted by molar-refractivity contribution is -0.139. The van der Waals surface area contributed by atoms with Crippen molar-refractivity contribution < 1.29 is 9.59 Å². The van der Waals surface area contributed by atoms with Gasteiger partial charge in [0, 0.05) is 12.4 Å². The number of aromatic nitrogens is 2. The summed E-state index contributed by atoms with van der Waals surface area (Å²) in [5.74, 6) is -0.996. The second kappa shape index (κ2) is 8.75. The van der Waals surface area contributed by atoms with Crippen molar-refractivity contribution in [3.8, 4) is 0 Å². The molecule has 0 aromatic carbocycles. The summed E-state index contributed by atoms with van der Waals surface area (Å²) < 4.78 is 0. The molecule has 0 bridgehead atoms. The van der Waals surface area contributed by atoms with Crippen LogP contribution in [0.3, 0.4) is 0 Å². The molecule has 1 aliphatic rings. The molecule has 2 amide bonds. The van der Waals surface area contributed by atoms with Gasteiger partial charge in [-0.3, -0.25) is 19.6 Å². The normalized spacial score (nSPS) is 13.9. The van der Waals surface area contributed by atoms with E-state index in [1.54, 1.807) is 12.4 Å². The maximum absolute atomic E-state index is 12.7. The van der Waals surface area contributed by atoms with Crippen LogP contribution in [-0.2, 0) is 22.7 Å². The van der Waals surface area contributed by atoms with E-state index in [0.717, 1.165) is 41.8 Å². The summed E-state index contributed by atoms with van der Waals surface area (Å²) in [5, 5.41) is 5.75. The number of nitrogens with one attached hydrogen (secondary N) is 2. The number of hydrogen-bond acceptors (Lipinski definition) is 4. The van der Waals surface area contributed by atoms with Gasteiger partial charge in [0.25, 0.3) is 0 Å². The van der Waals surface area contributed by atoms with E-state index in [-0.39, 0.29) is 17.7 Å². The van der Waals surface area contributed by atoms with Gasteiger partial charge in [-0.1, -0.05) is 18.6 Å². The number of amides is 2. The zero-order chi connectivity index (χ0) is 19.2. The molecule has 0 saturated heterocycles. The molecule has 6 nitrogen and oxygen atoms in total. The molecule has 1 fully saturated rings. The Labute approximate surface area is 159 Å². The van der Waals surface area contributed by atoms with E-state index in [1.165, 1.54) is 0 Å². The first-order valence-electron chi connectivity index (χ1n) is 9.41. The van der Waals surface area contributed by atoms with Crippen molar-refractivity contribution in [1.82, 2.24) is 20.6 Å². The van der Waals surface area contributed by atoms with Crippen LogP contribution in [0, 0.1) is 25.7 Å². The van der Waals surface area contributed by atoms with Crippen molar-refractivity contribution in [1.29, 1.82) is 0 Å². The Balaban J connectivity index is 1.58. The molecule has 0 aliphatic heterocycles. The molecule has 1 saturated carbocycles. The van der Waals surface area contributed by atoms with Gasteiger partial charge in [0.15, 0.2) is 0 Å². The molecule has 6 heteroatoms. The highest BCUT2D eigenvalue weighted by atomic mass is 16.2. The van der Waals surface area contributed by atoms with Crippen LogP contribution in [-0.4, -0.2) is 21.8 Å². The van der Waals surface area contributed by atoms with Crippen LogP contribution in [0.15, 0.2) is 36.7 Å². The minimum Gasteiger partial charge on any atom is -0.350 e. The van der Waals surface area contributed by atoms with E-state index in [9.17, 15) is 9.59 Å². The average Bonchev–Trinajstić information content (AvgIpc) is 2.63. The van der Waals surface area contributed by atoms with E-state index in [2.05, 4.69) is 20.6 Å². The quantitative estimate of drug-likeness (QED) is 0.737.